The van der Waals surface area contributed by atoms with Crippen LogP contribution in [-0.2, 0) is 16.0 Å². The van der Waals surface area contributed by atoms with Gasteiger partial charge in [-0.1, -0.05) is 0 Å². The Kier molecular flexibility index (Phi) is 8.30. The second-order valence-electron chi connectivity index (χ2n) is 7.68. The Morgan fingerprint density at radius 2 is 1.75 bits per heavy atom. The number of pyridine rings is 1. The molecule has 12 heteroatoms. The Bertz CT molecular complexity index is 1240. The SMILES string of the molecule is O=C(O)C(F)(F)F.O=C(O)CCCOc1ccc(-c2cc(-c3cc4c([nH]3)CCNC4=O)ccn2)cc1. The number of aromatic amines is 1. The Labute approximate surface area is 202 Å². The highest BCUT2D eigenvalue weighted by Gasteiger charge is 2.38. The van der Waals surface area contributed by atoms with Crippen LogP contribution in [0.25, 0.3) is 22.5 Å². The normalized spacial score (nSPS) is 12.6. The molecule has 0 fully saturated rings. The molecule has 0 radical (unpaired) electrons. The van der Waals surface area contributed by atoms with E-state index in [1.165, 1.54) is 0 Å². The van der Waals surface area contributed by atoms with Crippen molar-refractivity contribution in [1.29, 1.82) is 0 Å². The lowest BCUT2D eigenvalue weighted by molar-refractivity contribution is -0.192. The number of nitrogens with zero attached hydrogens (tertiary/aromatic N) is 1. The molecule has 0 bridgehead atoms. The minimum atomic E-state index is -5.08. The smallest absolute Gasteiger partial charge is 0.490 e. The molecule has 1 amide bonds. The van der Waals surface area contributed by atoms with Crippen molar-refractivity contribution in [2.24, 2.45) is 0 Å². The van der Waals surface area contributed by atoms with Gasteiger partial charge in [-0.05, 0) is 48.9 Å². The number of rotatable bonds is 7. The zero-order chi connectivity index (χ0) is 26.3. The van der Waals surface area contributed by atoms with Crippen molar-refractivity contribution in [1.82, 2.24) is 15.3 Å². The predicted octanol–water partition coefficient (Wildman–Crippen LogP) is 3.91. The summed E-state index contributed by atoms with van der Waals surface area (Å²) in [6.45, 7) is 1.02. The molecule has 2 aromatic heterocycles. The summed E-state index contributed by atoms with van der Waals surface area (Å²) < 4.78 is 37.3. The van der Waals surface area contributed by atoms with Gasteiger partial charge >= 0.3 is 18.1 Å². The molecule has 3 heterocycles. The van der Waals surface area contributed by atoms with Crippen LogP contribution in [-0.4, -0.2) is 57.4 Å². The molecule has 1 aromatic carbocycles. The van der Waals surface area contributed by atoms with Gasteiger partial charge in [0.25, 0.3) is 5.91 Å². The van der Waals surface area contributed by atoms with Gasteiger partial charge in [-0.15, -0.1) is 0 Å². The third-order valence-corrected chi connectivity index (χ3v) is 5.07. The van der Waals surface area contributed by atoms with Crippen molar-refractivity contribution < 1.29 is 42.5 Å². The number of hydrogen-bond donors (Lipinski definition) is 4. The molecule has 0 atom stereocenters. The number of carboxylic acid groups (broad SMARTS) is 2. The number of fused-ring (bicyclic) bond motifs is 1. The number of benzene rings is 1. The molecule has 4 rings (SSSR count). The highest BCUT2D eigenvalue weighted by atomic mass is 19.4. The third-order valence-electron chi connectivity index (χ3n) is 5.07. The van der Waals surface area contributed by atoms with Gasteiger partial charge in [0, 0.05) is 48.1 Å². The van der Waals surface area contributed by atoms with E-state index in [4.69, 9.17) is 19.7 Å². The summed E-state index contributed by atoms with van der Waals surface area (Å²) in [4.78, 5) is 39.2. The second kappa shape index (κ2) is 11.4. The van der Waals surface area contributed by atoms with E-state index in [9.17, 15) is 22.8 Å². The lowest BCUT2D eigenvalue weighted by Crippen LogP contribution is -2.31. The van der Waals surface area contributed by atoms with E-state index in [-0.39, 0.29) is 12.3 Å². The Morgan fingerprint density at radius 3 is 2.36 bits per heavy atom. The molecule has 0 saturated carbocycles. The molecule has 9 nitrogen and oxygen atoms in total. The maximum absolute atomic E-state index is 12.0. The topological polar surface area (TPSA) is 142 Å². The summed E-state index contributed by atoms with van der Waals surface area (Å²) in [7, 11) is 0. The van der Waals surface area contributed by atoms with E-state index in [1.807, 2.05) is 42.5 Å². The molecule has 1 aliphatic rings. The third kappa shape index (κ3) is 7.08. The predicted molar refractivity (Wildman–Crippen MR) is 122 cm³/mol. The number of hydrogen-bond acceptors (Lipinski definition) is 5. The van der Waals surface area contributed by atoms with Gasteiger partial charge in [-0.25, -0.2) is 4.79 Å². The van der Waals surface area contributed by atoms with Gasteiger partial charge < -0.3 is 25.3 Å². The largest absolute Gasteiger partial charge is 0.494 e. The van der Waals surface area contributed by atoms with Crippen LogP contribution in [0.4, 0.5) is 13.2 Å². The maximum Gasteiger partial charge on any atom is 0.490 e. The molecule has 0 aliphatic carbocycles. The van der Waals surface area contributed by atoms with Crippen LogP contribution in [0.2, 0.25) is 0 Å². The first-order chi connectivity index (χ1) is 17.0. The number of ether oxygens (including phenoxy) is 1. The fourth-order valence-corrected chi connectivity index (χ4v) is 3.34. The number of amides is 1. The van der Waals surface area contributed by atoms with Crippen molar-refractivity contribution in [3.8, 4) is 28.3 Å². The first-order valence-corrected chi connectivity index (χ1v) is 10.8. The van der Waals surface area contributed by atoms with E-state index in [2.05, 4.69) is 15.3 Å². The maximum atomic E-state index is 12.0. The summed E-state index contributed by atoms with van der Waals surface area (Å²) in [5.41, 5.74) is 5.29. The van der Waals surface area contributed by atoms with Gasteiger partial charge in [-0.3, -0.25) is 14.6 Å². The minimum absolute atomic E-state index is 0.0398. The average molecular weight is 505 g/mol. The van der Waals surface area contributed by atoms with Crippen molar-refractivity contribution in [3.63, 3.8) is 0 Å². The van der Waals surface area contributed by atoms with Crippen LogP contribution in [0.15, 0.2) is 48.7 Å². The van der Waals surface area contributed by atoms with Gasteiger partial charge in [0.2, 0.25) is 0 Å². The second-order valence-corrected chi connectivity index (χ2v) is 7.68. The van der Waals surface area contributed by atoms with Crippen LogP contribution in [0, 0.1) is 0 Å². The Balaban J connectivity index is 0.000000454. The average Bonchev–Trinajstić information content (AvgIpc) is 3.28. The summed E-state index contributed by atoms with van der Waals surface area (Å²) in [5.74, 6) is -2.92. The van der Waals surface area contributed by atoms with Crippen LogP contribution in [0.3, 0.4) is 0 Å². The van der Waals surface area contributed by atoms with Crippen LogP contribution in [0.1, 0.15) is 28.9 Å². The molecule has 0 saturated heterocycles. The minimum Gasteiger partial charge on any atom is -0.494 e. The van der Waals surface area contributed by atoms with Gasteiger partial charge in [0.1, 0.15) is 5.75 Å². The molecule has 36 heavy (non-hydrogen) atoms. The number of carboxylic acids is 2. The quantitative estimate of drug-likeness (QED) is 0.357. The highest BCUT2D eigenvalue weighted by molar-refractivity contribution is 5.97. The molecular formula is C24H22F3N3O6. The number of aromatic nitrogens is 2. The molecular weight excluding hydrogens is 483 g/mol. The summed E-state index contributed by atoms with van der Waals surface area (Å²) in [6.07, 6.45) is -1.97. The highest BCUT2D eigenvalue weighted by Crippen LogP contribution is 2.28. The number of halogens is 3. The van der Waals surface area contributed by atoms with E-state index in [0.29, 0.717) is 30.9 Å². The zero-order valence-electron chi connectivity index (χ0n) is 18.8. The van der Waals surface area contributed by atoms with E-state index in [0.717, 1.165) is 34.6 Å². The Hall–Kier alpha value is -4.35. The lowest BCUT2D eigenvalue weighted by atomic mass is 10.1. The van der Waals surface area contributed by atoms with Gasteiger partial charge in [0.15, 0.2) is 0 Å². The first kappa shape index (κ1) is 26.3. The van der Waals surface area contributed by atoms with Gasteiger partial charge in [-0.2, -0.15) is 13.2 Å². The monoisotopic (exact) mass is 505 g/mol. The van der Waals surface area contributed by atoms with E-state index in [1.54, 1.807) is 6.20 Å². The number of H-pyrrole nitrogens is 1. The molecule has 0 unspecified atom stereocenters. The van der Waals surface area contributed by atoms with E-state index < -0.39 is 18.1 Å². The molecule has 190 valence electrons. The lowest BCUT2D eigenvalue weighted by Gasteiger charge is -2.11. The van der Waals surface area contributed by atoms with Crippen LogP contribution < -0.4 is 10.1 Å². The van der Waals surface area contributed by atoms with Crippen molar-refractivity contribution >= 4 is 17.8 Å². The van der Waals surface area contributed by atoms with Crippen molar-refractivity contribution in [3.05, 3.63) is 59.9 Å². The fourth-order valence-electron chi connectivity index (χ4n) is 3.34. The fraction of sp³-hybridized carbons (Fsp3) is 0.250. The molecule has 0 spiro atoms. The number of carbonyl (C=O) groups is 3. The summed E-state index contributed by atoms with van der Waals surface area (Å²) in [5, 5.41) is 18.6. The van der Waals surface area contributed by atoms with Crippen LogP contribution >= 0.6 is 0 Å². The summed E-state index contributed by atoms with van der Waals surface area (Å²) in [6, 6.07) is 13.3. The number of nitrogens with one attached hydrogen (secondary N) is 2. The van der Waals surface area contributed by atoms with Crippen molar-refractivity contribution in [2.45, 2.75) is 25.4 Å². The van der Waals surface area contributed by atoms with E-state index >= 15 is 0 Å². The molecule has 1 aliphatic heterocycles. The molecule has 3 aromatic rings. The zero-order valence-corrected chi connectivity index (χ0v) is 18.8. The first-order valence-electron chi connectivity index (χ1n) is 10.8. The molecule has 4 N–H and O–H groups in total. The van der Waals surface area contributed by atoms with Gasteiger partial charge in [0.05, 0.1) is 17.9 Å². The number of carbonyl (C=O) groups excluding carboxylic acids is 1. The summed E-state index contributed by atoms with van der Waals surface area (Å²) >= 11 is 0. The number of alkyl halides is 3. The Morgan fingerprint density at radius 1 is 1.06 bits per heavy atom. The van der Waals surface area contributed by atoms with Crippen molar-refractivity contribution in [2.75, 3.05) is 13.2 Å². The number of aliphatic carboxylic acids is 2. The van der Waals surface area contributed by atoms with Crippen LogP contribution in [0.5, 0.6) is 5.75 Å². The standard InChI is InChI=1S/C22H21N3O4.C2HF3O2/c26-21(27)2-1-11-29-16-5-3-14(4-6-16)19-12-15(7-9-23-19)20-13-17-18(25-20)8-10-24-22(17)28;3-2(4,5)1(6)7/h3-7,9,12-13,25H,1-2,8,10-11H2,(H,24,28)(H,26,27);(H,6,7).